The standard InChI is InChI=1S/C9H19NO/c1-7(2)8(11)9(3)5-4-6-10-9/h7-8,10-11H,4-6H2,1-3H3/t8-,9-/m1/s1. The van der Waals surface area contributed by atoms with Gasteiger partial charge in [0.2, 0.25) is 0 Å². The third-order valence-electron chi connectivity index (χ3n) is 2.69. The molecule has 2 heteroatoms. The highest BCUT2D eigenvalue weighted by Gasteiger charge is 2.36. The maximum atomic E-state index is 9.82. The molecule has 0 aromatic rings. The molecule has 66 valence electrons. The second kappa shape index (κ2) is 3.11. The highest BCUT2D eigenvalue weighted by atomic mass is 16.3. The summed E-state index contributed by atoms with van der Waals surface area (Å²) in [4.78, 5) is 0. The van der Waals surface area contributed by atoms with E-state index in [-0.39, 0.29) is 11.6 Å². The summed E-state index contributed by atoms with van der Waals surface area (Å²) in [6, 6.07) is 0. The molecule has 1 rings (SSSR count). The minimum atomic E-state index is -0.204. The van der Waals surface area contributed by atoms with Gasteiger partial charge in [0, 0.05) is 5.54 Å². The summed E-state index contributed by atoms with van der Waals surface area (Å²) in [6.45, 7) is 7.30. The summed E-state index contributed by atoms with van der Waals surface area (Å²) in [7, 11) is 0. The highest BCUT2D eigenvalue weighted by molar-refractivity contribution is 4.95. The van der Waals surface area contributed by atoms with Gasteiger partial charge < -0.3 is 10.4 Å². The molecule has 0 unspecified atom stereocenters. The van der Waals surface area contributed by atoms with Crippen LogP contribution in [0.2, 0.25) is 0 Å². The van der Waals surface area contributed by atoms with E-state index in [4.69, 9.17) is 0 Å². The summed E-state index contributed by atoms with van der Waals surface area (Å²) in [6.07, 6.45) is 2.09. The van der Waals surface area contributed by atoms with Crippen LogP contribution in [0.1, 0.15) is 33.6 Å². The lowest BCUT2D eigenvalue weighted by atomic mass is 9.86. The molecule has 2 N–H and O–H groups in total. The van der Waals surface area contributed by atoms with E-state index in [1.165, 1.54) is 6.42 Å². The lowest BCUT2D eigenvalue weighted by Crippen LogP contribution is -2.50. The van der Waals surface area contributed by atoms with Crippen LogP contribution in [0.4, 0.5) is 0 Å². The fraction of sp³-hybridized carbons (Fsp3) is 1.00. The molecule has 1 aliphatic heterocycles. The van der Waals surface area contributed by atoms with Crippen molar-refractivity contribution in [3.05, 3.63) is 0 Å². The monoisotopic (exact) mass is 157 g/mol. The first-order valence-corrected chi connectivity index (χ1v) is 4.49. The minimum absolute atomic E-state index is 0.0197. The lowest BCUT2D eigenvalue weighted by Gasteiger charge is -2.33. The van der Waals surface area contributed by atoms with Gasteiger partial charge in [-0.1, -0.05) is 13.8 Å². The Bertz CT molecular complexity index is 128. The van der Waals surface area contributed by atoms with Crippen LogP contribution in [0.3, 0.4) is 0 Å². The summed E-state index contributed by atoms with van der Waals surface area (Å²) in [5.41, 5.74) is -0.0197. The SMILES string of the molecule is CC(C)[C@@H](O)[C@@]1(C)CCCN1. The first-order chi connectivity index (χ1) is 5.06. The van der Waals surface area contributed by atoms with Gasteiger partial charge >= 0.3 is 0 Å². The lowest BCUT2D eigenvalue weighted by molar-refractivity contribution is 0.0424. The van der Waals surface area contributed by atoms with Crippen molar-refractivity contribution in [1.29, 1.82) is 0 Å². The average Bonchev–Trinajstić information content (AvgIpc) is 2.35. The molecule has 1 heterocycles. The van der Waals surface area contributed by atoms with Gasteiger partial charge in [0.05, 0.1) is 6.10 Å². The first-order valence-electron chi connectivity index (χ1n) is 4.49. The van der Waals surface area contributed by atoms with Gasteiger partial charge in [-0.05, 0) is 32.2 Å². The first kappa shape index (κ1) is 9.01. The van der Waals surface area contributed by atoms with Crippen molar-refractivity contribution < 1.29 is 5.11 Å². The Hall–Kier alpha value is -0.0800. The van der Waals surface area contributed by atoms with Crippen LogP contribution < -0.4 is 5.32 Å². The number of rotatable bonds is 2. The molecule has 0 radical (unpaired) electrons. The molecule has 0 aromatic heterocycles. The largest absolute Gasteiger partial charge is 0.391 e. The summed E-state index contributed by atoms with van der Waals surface area (Å²) in [5, 5.41) is 13.2. The third kappa shape index (κ3) is 1.74. The molecule has 0 aromatic carbocycles. The van der Waals surface area contributed by atoms with Crippen molar-refractivity contribution in [2.45, 2.75) is 45.3 Å². The Morgan fingerprint density at radius 3 is 2.45 bits per heavy atom. The Morgan fingerprint density at radius 2 is 2.09 bits per heavy atom. The second-order valence-corrected chi connectivity index (χ2v) is 4.14. The molecule has 2 atom stereocenters. The predicted molar refractivity (Wildman–Crippen MR) is 46.5 cm³/mol. The van der Waals surface area contributed by atoms with E-state index >= 15 is 0 Å². The number of hydrogen-bond acceptors (Lipinski definition) is 2. The van der Waals surface area contributed by atoms with Crippen molar-refractivity contribution in [2.24, 2.45) is 5.92 Å². The molecule has 2 nitrogen and oxygen atoms in total. The maximum Gasteiger partial charge on any atom is 0.0741 e. The van der Waals surface area contributed by atoms with E-state index < -0.39 is 0 Å². The van der Waals surface area contributed by atoms with Gasteiger partial charge in [-0.15, -0.1) is 0 Å². The Balaban J connectivity index is 2.56. The fourth-order valence-corrected chi connectivity index (χ4v) is 1.91. The molecular formula is C9H19NO. The van der Waals surface area contributed by atoms with Gasteiger partial charge in [0.25, 0.3) is 0 Å². The van der Waals surface area contributed by atoms with E-state index in [0.29, 0.717) is 5.92 Å². The van der Waals surface area contributed by atoms with Crippen molar-refractivity contribution in [1.82, 2.24) is 5.32 Å². The van der Waals surface area contributed by atoms with Gasteiger partial charge in [0.1, 0.15) is 0 Å². The molecule has 0 saturated carbocycles. The van der Waals surface area contributed by atoms with Crippen molar-refractivity contribution in [2.75, 3.05) is 6.54 Å². The quantitative estimate of drug-likeness (QED) is 0.630. The highest BCUT2D eigenvalue weighted by Crippen LogP contribution is 2.26. The summed E-state index contributed by atoms with van der Waals surface area (Å²) >= 11 is 0. The van der Waals surface area contributed by atoms with E-state index in [2.05, 4.69) is 26.1 Å². The van der Waals surface area contributed by atoms with E-state index in [1.807, 2.05) is 0 Å². The van der Waals surface area contributed by atoms with E-state index in [9.17, 15) is 5.11 Å². The molecule has 1 saturated heterocycles. The Labute approximate surface area is 69.0 Å². The Morgan fingerprint density at radius 1 is 1.45 bits per heavy atom. The van der Waals surface area contributed by atoms with Crippen LogP contribution in [-0.2, 0) is 0 Å². The van der Waals surface area contributed by atoms with Gasteiger partial charge in [-0.3, -0.25) is 0 Å². The molecule has 0 amide bonds. The molecule has 11 heavy (non-hydrogen) atoms. The van der Waals surface area contributed by atoms with Crippen LogP contribution >= 0.6 is 0 Å². The topological polar surface area (TPSA) is 32.3 Å². The van der Waals surface area contributed by atoms with Gasteiger partial charge in [-0.25, -0.2) is 0 Å². The Kier molecular flexibility index (Phi) is 2.55. The van der Waals surface area contributed by atoms with Crippen LogP contribution in [0.25, 0.3) is 0 Å². The molecule has 1 fully saturated rings. The number of aliphatic hydroxyl groups is 1. The second-order valence-electron chi connectivity index (χ2n) is 4.14. The average molecular weight is 157 g/mol. The van der Waals surface area contributed by atoms with Gasteiger partial charge in [-0.2, -0.15) is 0 Å². The predicted octanol–water partition coefficient (Wildman–Crippen LogP) is 1.15. The molecule has 0 bridgehead atoms. The van der Waals surface area contributed by atoms with Crippen molar-refractivity contribution in [3.63, 3.8) is 0 Å². The maximum absolute atomic E-state index is 9.82. The minimum Gasteiger partial charge on any atom is -0.391 e. The normalized spacial score (nSPS) is 34.6. The van der Waals surface area contributed by atoms with Crippen molar-refractivity contribution >= 4 is 0 Å². The van der Waals surface area contributed by atoms with Crippen molar-refractivity contribution in [3.8, 4) is 0 Å². The van der Waals surface area contributed by atoms with Crippen LogP contribution in [-0.4, -0.2) is 23.3 Å². The van der Waals surface area contributed by atoms with Crippen LogP contribution in [0, 0.1) is 5.92 Å². The zero-order valence-corrected chi connectivity index (χ0v) is 7.72. The number of aliphatic hydroxyl groups excluding tert-OH is 1. The van der Waals surface area contributed by atoms with E-state index in [1.54, 1.807) is 0 Å². The van der Waals surface area contributed by atoms with Crippen LogP contribution in [0.5, 0.6) is 0 Å². The van der Waals surface area contributed by atoms with Gasteiger partial charge in [0.15, 0.2) is 0 Å². The molecule has 1 aliphatic rings. The molecule has 0 spiro atoms. The smallest absolute Gasteiger partial charge is 0.0741 e. The van der Waals surface area contributed by atoms with E-state index in [0.717, 1.165) is 13.0 Å². The third-order valence-corrected chi connectivity index (χ3v) is 2.69. The molecule has 0 aliphatic carbocycles. The zero-order chi connectivity index (χ0) is 8.48. The van der Waals surface area contributed by atoms with Crippen LogP contribution in [0.15, 0.2) is 0 Å². The molecular weight excluding hydrogens is 138 g/mol. The summed E-state index contributed by atoms with van der Waals surface area (Å²) in [5.74, 6) is 0.352. The zero-order valence-electron chi connectivity index (χ0n) is 7.72. The number of hydrogen-bond donors (Lipinski definition) is 2. The summed E-state index contributed by atoms with van der Waals surface area (Å²) < 4.78 is 0. The fourth-order valence-electron chi connectivity index (χ4n) is 1.91. The number of nitrogens with one attached hydrogen (secondary N) is 1.